The molecule has 9 nitrogen and oxygen atoms in total. The van der Waals surface area contributed by atoms with Crippen LogP contribution in [0.4, 0.5) is 30.2 Å². The first-order valence-electron chi connectivity index (χ1n) is 13.3. The summed E-state index contributed by atoms with van der Waals surface area (Å²) in [6.45, 7) is 4.15. The molecule has 0 unspecified atom stereocenters. The van der Waals surface area contributed by atoms with Crippen LogP contribution in [0.1, 0.15) is 25.0 Å². The summed E-state index contributed by atoms with van der Waals surface area (Å²) in [5, 5.41) is 25.8. The summed E-state index contributed by atoms with van der Waals surface area (Å²) in [7, 11) is 0. The Kier molecular flexibility index (Phi) is 10.9. The lowest BCUT2D eigenvalue weighted by atomic mass is 10.1. The Balaban J connectivity index is 1.74. The molecular formula is C30H29F3IN3O6. The third-order valence-corrected chi connectivity index (χ3v) is 7.12. The van der Waals surface area contributed by atoms with Crippen LogP contribution in [0.5, 0.6) is 0 Å². The molecule has 1 atom stereocenters. The molecule has 3 N–H and O–H groups in total. The number of anilines is 3. The Labute approximate surface area is 258 Å². The predicted molar refractivity (Wildman–Crippen MR) is 165 cm³/mol. The quantitative estimate of drug-likeness (QED) is 0.0568. The third kappa shape index (κ3) is 7.77. The van der Waals surface area contributed by atoms with Crippen LogP contribution in [-0.2, 0) is 16.2 Å². The lowest BCUT2D eigenvalue weighted by Crippen LogP contribution is -2.21. The van der Waals surface area contributed by atoms with Gasteiger partial charge in [-0.05, 0) is 84.1 Å². The van der Waals surface area contributed by atoms with E-state index in [0.29, 0.717) is 20.1 Å². The average molecular weight is 711 g/mol. The lowest BCUT2D eigenvalue weighted by molar-refractivity contribution is 0.00590. The van der Waals surface area contributed by atoms with Crippen molar-refractivity contribution in [1.29, 1.82) is 0 Å². The van der Waals surface area contributed by atoms with Gasteiger partial charge in [-0.2, -0.15) is 0 Å². The minimum atomic E-state index is -1.34. The molecule has 0 aliphatic carbocycles. The number of aliphatic hydroxyl groups is 2. The van der Waals surface area contributed by atoms with Crippen LogP contribution in [0.2, 0.25) is 0 Å². The van der Waals surface area contributed by atoms with Gasteiger partial charge in [0.15, 0.2) is 11.6 Å². The second-order valence-electron chi connectivity index (χ2n) is 9.29. The minimum absolute atomic E-state index is 0.141. The molecule has 1 heterocycles. The smallest absolute Gasteiger partial charge is 0.336 e. The van der Waals surface area contributed by atoms with Crippen LogP contribution < -0.4 is 15.8 Å². The first-order chi connectivity index (χ1) is 20.6. The topological polar surface area (TPSA) is 117 Å². The fourth-order valence-corrected chi connectivity index (χ4v) is 4.69. The van der Waals surface area contributed by atoms with E-state index in [1.165, 1.54) is 18.2 Å². The van der Waals surface area contributed by atoms with Crippen molar-refractivity contribution in [3.05, 3.63) is 97.2 Å². The Morgan fingerprint density at radius 1 is 1.07 bits per heavy atom. The van der Waals surface area contributed by atoms with Gasteiger partial charge in [0.25, 0.3) is 5.90 Å². The largest absolute Gasteiger partial charge is 0.470 e. The summed E-state index contributed by atoms with van der Waals surface area (Å²) >= 11 is 1.91. The van der Waals surface area contributed by atoms with Crippen molar-refractivity contribution in [2.24, 2.45) is 5.16 Å². The zero-order chi connectivity index (χ0) is 31.1. The Morgan fingerprint density at radius 2 is 1.84 bits per heavy atom. The van der Waals surface area contributed by atoms with Gasteiger partial charge in [-0.25, -0.2) is 18.0 Å². The average Bonchev–Trinajstić information content (AvgIpc) is 2.98. The normalized spacial score (nSPS) is 12.3. The van der Waals surface area contributed by atoms with Crippen LogP contribution in [0.3, 0.4) is 0 Å². The molecule has 0 aliphatic heterocycles. The molecule has 1 aromatic heterocycles. The first-order valence-corrected chi connectivity index (χ1v) is 14.4. The van der Waals surface area contributed by atoms with Crippen molar-refractivity contribution < 1.29 is 37.4 Å². The highest BCUT2D eigenvalue weighted by Gasteiger charge is 2.22. The van der Waals surface area contributed by atoms with Gasteiger partial charge >= 0.3 is 5.63 Å². The van der Waals surface area contributed by atoms with E-state index in [-0.39, 0.29) is 23.8 Å². The highest BCUT2D eigenvalue weighted by Crippen LogP contribution is 2.30. The molecule has 0 bridgehead atoms. The highest BCUT2D eigenvalue weighted by atomic mass is 127. The molecule has 4 rings (SSSR count). The van der Waals surface area contributed by atoms with Crippen molar-refractivity contribution in [3.8, 4) is 0 Å². The monoisotopic (exact) mass is 711 g/mol. The molecule has 4 aromatic rings. The van der Waals surface area contributed by atoms with Crippen LogP contribution in [0.25, 0.3) is 11.0 Å². The van der Waals surface area contributed by atoms with E-state index in [2.05, 4.69) is 15.4 Å². The molecule has 0 amide bonds. The van der Waals surface area contributed by atoms with Crippen LogP contribution in [0.15, 0.2) is 69.0 Å². The summed E-state index contributed by atoms with van der Waals surface area (Å²) in [5.74, 6) is -3.64. The number of benzene rings is 3. The van der Waals surface area contributed by atoms with E-state index in [9.17, 15) is 18.7 Å². The van der Waals surface area contributed by atoms with Crippen molar-refractivity contribution in [1.82, 2.24) is 0 Å². The summed E-state index contributed by atoms with van der Waals surface area (Å²) < 4.78 is 56.1. The third-order valence-electron chi connectivity index (χ3n) is 6.45. The lowest BCUT2D eigenvalue weighted by Gasteiger charge is -2.21. The summed E-state index contributed by atoms with van der Waals surface area (Å²) in [6.07, 6.45) is -1.28. The maximum Gasteiger partial charge on any atom is 0.336 e. The molecule has 0 saturated heterocycles. The van der Waals surface area contributed by atoms with Gasteiger partial charge in [0.1, 0.15) is 30.7 Å². The Morgan fingerprint density at radius 3 is 2.53 bits per heavy atom. The second kappa shape index (κ2) is 14.6. The van der Waals surface area contributed by atoms with Crippen LogP contribution >= 0.6 is 22.6 Å². The molecule has 228 valence electrons. The van der Waals surface area contributed by atoms with E-state index in [1.54, 1.807) is 18.2 Å². The molecule has 0 aliphatic rings. The van der Waals surface area contributed by atoms with Gasteiger partial charge in [-0.3, -0.25) is 0 Å². The number of hydrogen-bond acceptors (Lipinski definition) is 9. The van der Waals surface area contributed by atoms with Crippen molar-refractivity contribution in [3.63, 3.8) is 0 Å². The second-order valence-corrected chi connectivity index (χ2v) is 10.5. The van der Waals surface area contributed by atoms with Gasteiger partial charge in [0.2, 0.25) is 0 Å². The molecular weight excluding hydrogens is 682 g/mol. The highest BCUT2D eigenvalue weighted by molar-refractivity contribution is 14.1. The summed E-state index contributed by atoms with van der Waals surface area (Å²) in [6, 6.07) is 12.8. The number of oxime groups is 1. The molecule has 0 fully saturated rings. The summed E-state index contributed by atoms with van der Waals surface area (Å²) in [4.78, 5) is 19.7. The summed E-state index contributed by atoms with van der Waals surface area (Å²) in [5.41, 5.74) is 0.169. The number of nitrogens with one attached hydrogen (secondary N) is 1. The standard InChI is InChI=1S/C30H29F3IN3O6/c1-3-37(4-2)19-6-7-21-17(11-27(40)43-26(21)13-19)15-41-30(36-42-16-20(39)14-38)22-8-9-23(31)28(33)29(22)35-25-10-5-18(34)12-24(25)32/h5-13,20,35,38-39H,3-4,14-16H2,1-2H3/b36-30-/t20-/m1/s1. The number of ether oxygens (including phenoxy) is 1. The number of nitrogens with zero attached hydrogens (tertiary/aromatic N) is 2. The van der Waals surface area contributed by atoms with Gasteiger partial charge < -0.3 is 34.4 Å². The number of fused-ring (bicyclic) bond motifs is 1. The van der Waals surface area contributed by atoms with Crippen molar-refractivity contribution >= 4 is 56.5 Å². The first kappa shape index (κ1) is 32.1. The zero-order valence-corrected chi connectivity index (χ0v) is 25.4. The molecule has 43 heavy (non-hydrogen) atoms. The number of hydrogen-bond donors (Lipinski definition) is 3. The molecule has 0 radical (unpaired) electrons. The SMILES string of the molecule is CCN(CC)c1ccc2c(CO/C(=N\OC[C@H](O)CO)c3ccc(F)c(F)c3Nc3ccc(I)cc3F)cc(=O)oc2c1. The maximum absolute atomic E-state index is 15.2. The fourth-order valence-electron chi connectivity index (χ4n) is 4.23. The molecule has 0 saturated carbocycles. The van der Waals surface area contributed by atoms with Gasteiger partial charge in [0, 0.05) is 45.4 Å². The molecule has 13 heteroatoms. The van der Waals surface area contributed by atoms with Gasteiger partial charge in [-0.1, -0.05) is 0 Å². The maximum atomic E-state index is 15.2. The van der Waals surface area contributed by atoms with Crippen molar-refractivity contribution in [2.75, 3.05) is 36.5 Å². The van der Waals surface area contributed by atoms with Gasteiger partial charge in [-0.15, -0.1) is 0 Å². The number of rotatable bonds is 12. The van der Waals surface area contributed by atoms with E-state index < -0.39 is 48.1 Å². The minimum Gasteiger partial charge on any atom is -0.470 e. The fraction of sp³-hybridized carbons (Fsp3) is 0.267. The van der Waals surface area contributed by atoms with Gasteiger partial charge in [0.05, 0.1) is 23.5 Å². The van der Waals surface area contributed by atoms with E-state index in [1.807, 2.05) is 42.5 Å². The molecule has 3 aromatic carbocycles. The van der Waals surface area contributed by atoms with Crippen LogP contribution in [-0.4, -0.2) is 48.5 Å². The Bertz CT molecular complexity index is 1680. The molecule has 0 spiro atoms. The van der Waals surface area contributed by atoms with Crippen LogP contribution in [0, 0.1) is 21.0 Å². The van der Waals surface area contributed by atoms with E-state index >= 15 is 4.39 Å². The van der Waals surface area contributed by atoms with E-state index in [0.717, 1.165) is 30.9 Å². The number of aliphatic hydroxyl groups excluding tert-OH is 2. The number of halogens is 4. The van der Waals surface area contributed by atoms with Crippen molar-refractivity contribution in [2.45, 2.75) is 26.6 Å². The Hall–Kier alpha value is -3.82. The van der Waals surface area contributed by atoms with E-state index in [4.69, 9.17) is 19.1 Å². The zero-order valence-electron chi connectivity index (χ0n) is 23.2. The predicted octanol–water partition coefficient (Wildman–Crippen LogP) is 5.65.